The minimum atomic E-state index is 0.555. The number of methoxy groups -OCH3 is 1. The van der Waals surface area contributed by atoms with Gasteiger partial charge < -0.3 is 4.74 Å². The van der Waals surface area contributed by atoms with Gasteiger partial charge in [-0.3, -0.25) is 14.5 Å². The molecule has 144 valence electrons. The first kappa shape index (κ1) is 17.3. The lowest BCUT2D eigenvalue weighted by atomic mass is 9.75. The number of para-hydroxylation sites is 1. The van der Waals surface area contributed by atoms with E-state index in [1.165, 1.54) is 31.5 Å². The molecule has 1 aromatic carbocycles. The molecule has 2 aromatic rings. The van der Waals surface area contributed by atoms with Crippen molar-refractivity contribution in [3.8, 4) is 5.75 Å². The van der Waals surface area contributed by atoms with E-state index < -0.39 is 0 Å². The average molecular weight is 367 g/mol. The molecule has 0 amide bonds. The van der Waals surface area contributed by atoms with Crippen molar-refractivity contribution in [3.05, 3.63) is 48.3 Å². The van der Waals surface area contributed by atoms with Gasteiger partial charge >= 0.3 is 0 Å². The Morgan fingerprint density at radius 1 is 1.07 bits per heavy atom. The Morgan fingerprint density at radius 3 is 2.70 bits per heavy atom. The maximum Gasteiger partial charge on any atom is 0.122 e. The molecular formula is C22H30N4O. The maximum absolute atomic E-state index is 5.73. The lowest BCUT2D eigenvalue weighted by Gasteiger charge is -2.51. The van der Waals surface area contributed by atoms with Gasteiger partial charge in [0.05, 0.1) is 7.11 Å². The molecule has 6 rings (SSSR count). The first-order valence-electron chi connectivity index (χ1n) is 10.4. The first-order chi connectivity index (χ1) is 13.3. The molecule has 5 heteroatoms. The standard InChI is InChI=1S/C22H30N4O/c1-27-20-7-3-2-6-18(20)19-16-25(11-5-13-26-12-4-10-23-26)21-17-8-14-24(15-9-17)22(19)21/h2-4,6-7,10,12,17,19,21-22H,5,8-9,11,13-16H2,1H3/t19-,21-,22-/m0/s1. The molecule has 27 heavy (non-hydrogen) atoms. The van der Waals surface area contributed by atoms with E-state index >= 15 is 0 Å². The summed E-state index contributed by atoms with van der Waals surface area (Å²) >= 11 is 0. The number of aromatic nitrogens is 2. The third kappa shape index (κ3) is 3.07. The van der Waals surface area contributed by atoms with Gasteiger partial charge in [0.15, 0.2) is 0 Å². The molecule has 0 N–H and O–H groups in total. The van der Waals surface area contributed by atoms with Crippen LogP contribution >= 0.6 is 0 Å². The number of rotatable bonds is 6. The lowest BCUT2D eigenvalue weighted by molar-refractivity contribution is -0.00708. The van der Waals surface area contributed by atoms with Gasteiger partial charge in [-0.2, -0.15) is 5.10 Å². The summed E-state index contributed by atoms with van der Waals surface area (Å²) in [6, 6.07) is 12.0. The Labute approximate surface area is 161 Å². The van der Waals surface area contributed by atoms with Gasteiger partial charge in [0.1, 0.15) is 5.75 Å². The van der Waals surface area contributed by atoms with E-state index in [4.69, 9.17) is 4.74 Å². The number of ether oxygens (including phenoxy) is 1. The number of hydrogen-bond acceptors (Lipinski definition) is 4. The van der Waals surface area contributed by atoms with Crippen LogP contribution in [0.2, 0.25) is 0 Å². The number of hydrogen-bond donors (Lipinski definition) is 0. The van der Waals surface area contributed by atoms with Crippen LogP contribution in [0.15, 0.2) is 42.7 Å². The third-order valence-corrected chi connectivity index (χ3v) is 7.02. The van der Waals surface area contributed by atoms with Crippen LogP contribution in [0.25, 0.3) is 0 Å². The zero-order valence-electron chi connectivity index (χ0n) is 16.2. The number of fused-ring (bicyclic) bond motifs is 2. The van der Waals surface area contributed by atoms with E-state index in [-0.39, 0.29) is 0 Å². The second-order valence-corrected chi connectivity index (χ2v) is 8.32. The van der Waals surface area contributed by atoms with Crippen LogP contribution < -0.4 is 4.74 Å². The van der Waals surface area contributed by atoms with E-state index in [0.717, 1.165) is 37.7 Å². The minimum absolute atomic E-state index is 0.555. The van der Waals surface area contributed by atoms with Crippen LogP contribution in [0.5, 0.6) is 5.75 Å². The van der Waals surface area contributed by atoms with Gasteiger partial charge in [0.25, 0.3) is 0 Å². The Kier molecular flexibility index (Phi) is 4.66. The highest BCUT2D eigenvalue weighted by atomic mass is 16.5. The minimum Gasteiger partial charge on any atom is -0.496 e. The Morgan fingerprint density at radius 2 is 1.93 bits per heavy atom. The maximum atomic E-state index is 5.73. The molecule has 3 atom stereocenters. The molecule has 0 spiro atoms. The van der Waals surface area contributed by atoms with E-state index in [2.05, 4.69) is 50.0 Å². The molecule has 5 nitrogen and oxygen atoms in total. The Bertz CT molecular complexity index is 753. The van der Waals surface area contributed by atoms with E-state index in [9.17, 15) is 0 Å². The van der Waals surface area contributed by atoms with Gasteiger partial charge in [-0.1, -0.05) is 18.2 Å². The molecule has 1 aromatic heterocycles. The van der Waals surface area contributed by atoms with Crippen molar-refractivity contribution in [3.63, 3.8) is 0 Å². The summed E-state index contributed by atoms with van der Waals surface area (Å²) in [6.45, 7) is 5.88. The number of aryl methyl sites for hydroxylation is 1. The van der Waals surface area contributed by atoms with E-state index in [1.807, 2.05) is 12.3 Å². The summed E-state index contributed by atoms with van der Waals surface area (Å²) in [5, 5.41) is 4.36. The second-order valence-electron chi connectivity index (χ2n) is 8.32. The highest BCUT2D eigenvalue weighted by Gasteiger charge is 2.53. The fraction of sp³-hybridized carbons (Fsp3) is 0.591. The predicted molar refractivity (Wildman–Crippen MR) is 106 cm³/mol. The van der Waals surface area contributed by atoms with Crippen LogP contribution in [0.1, 0.15) is 30.7 Å². The summed E-state index contributed by atoms with van der Waals surface area (Å²) in [5.74, 6) is 2.48. The molecule has 4 saturated heterocycles. The van der Waals surface area contributed by atoms with Crippen molar-refractivity contribution in [2.45, 2.75) is 43.8 Å². The molecule has 0 saturated carbocycles. The van der Waals surface area contributed by atoms with Crippen LogP contribution in [-0.2, 0) is 6.54 Å². The fourth-order valence-electron chi connectivity index (χ4n) is 5.91. The van der Waals surface area contributed by atoms with Crippen molar-refractivity contribution < 1.29 is 4.74 Å². The third-order valence-electron chi connectivity index (χ3n) is 7.02. The molecule has 0 unspecified atom stereocenters. The van der Waals surface area contributed by atoms with Gasteiger partial charge in [0.2, 0.25) is 0 Å². The first-order valence-corrected chi connectivity index (χ1v) is 10.4. The van der Waals surface area contributed by atoms with Crippen molar-refractivity contribution >= 4 is 0 Å². The SMILES string of the molecule is COc1ccccc1[C@@H]1CN(CCCn2cccn2)[C@H]2C3CCN(CC3)[C@@H]12. The zero-order chi connectivity index (χ0) is 18.2. The quantitative estimate of drug-likeness (QED) is 0.787. The smallest absolute Gasteiger partial charge is 0.122 e. The van der Waals surface area contributed by atoms with Gasteiger partial charge in [0, 0.05) is 55.6 Å². The number of benzene rings is 1. The van der Waals surface area contributed by atoms with Crippen molar-refractivity contribution in [2.75, 3.05) is 33.3 Å². The Balaban J connectivity index is 1.38. The highest BCUT2D eigenvalue weighted by molar-refractivity contribution is 5.39. The normalized spacial score (nSPS) is 32.6. The van der Waals surface area contributed by atoms with Gasteiger partial charge in [-0.15, -0.1) is 0 Å². The largest absolute Gasteiger partial charge is 0.496 e. The average Bonchev–Trinajstić information content (AvgIpc) is 3.38. The molecule has 2 bridgehead atoms. The second kappa shape index (κ2) is 7.28. The molecule has 4 fully saturated rings. The van der Waals surface area contributed by atoms with Crippen LogP contribution in [0.4, 0.5) is 0 Å². The Hall–Kier alpha value is -1.85. The molecular weight excluding hydrogens is 336 g/mol. The predicted octanol–water partition coefficient (Wildman–Crippen LogP) is 2.84. The molecule has 5 heterocycles. The number of piperidine rings is 3. The number of likely N-dealkylation sites (tertiary alicyclic amines) is 1. The summed E-state index contributed by atoms with van der Waals surface area (Å²) in [5.41, 5.74) is 1.40. The van der Waals surface area contributed by atoms with Crippen LogP contribution in [0.3, 0.4) is 0 Å². The molecule has 4 aliphatic heterocycles. The van der Waals surface area contributed by atoms with Crippen LogP contribution in [-0.4, -0.2) is 65.0 Å². The van der Waals surface area contributed by atoms with Crippen molar-refractivity contribution in [1.29, 1.82) is 0 Å². The van der Waals surface area contributed by atoms with Gasteiger partial charge in [-0.05, 0) is 50.4 Å². The lowest BCUT2D eigenvalue weighted by Crippen LogP contribution is -2.60. The summed E-state index contributed by atoms with van der Waals surface area (Å²) in [7, 11) is 1.81. The molecule has 0 aliphatic carbocycles. The summed E-state index contributed by atoms with van der Waals surface area (Å²) in [6.07, 6.45) is 7.84. The van der Waals surface area contributed by atoms with Crippen molar-refractivity contribution in [1.82, 2.24) is 19.6 Å². The summed E-state index contributed by atoms with van der Waals surface area (Å²) < 4.78 is 7.79. The van der Waals surface area contributed by atoms with E-state index in [1.54, 1.807) is 7.11 Å². The summed E-state index contributed by atoms with van der Waals surface area (Å²) in [4.78, 5) is 5.57. The molecule has 4 aliphatic rings. The van der Waals surface area contributed by atoms with E-state index in [0.29, 0.717) is 18.0 Å². The topological polar surface area (TPSA) is 33.5 Å². The fourth-order valence-corrected chi connectivity index (χ4v) is 5.91. The number of nitrogens with zero attached hydrogens (tertiary/aromatic N) is 4. The van der Waals surface area contributed by atoms with Gasteiger partial charge in [-0.25, -0.2) is 0 Å². The zero-order valence-corrected chi connectivity index (χ0v) is 16.2. The van der Waals surface area contributed by atoms with Crippen LogP contribution in [0, 0.1) is 5.92 Å². The van der Waals surface area contributed by atoms with Crippen molar-refractivity contribution in [2.24, 2.45) is 5.92 Å². The monoisotopic (exact) mass is 366 g/mol. The molecule has 0 radical (unpaired) electrons. The highest BCUT2D eigenvalue weighted by Crippen LogP contribution is 2.48.